The van der Waals surface area contributed by atoms with Crippen LogP contribution in [0.1, 0.15) is 61.0 Å². The molecule has 2 fully saturated rings. The maximum atomic E-state index is 13.0. The highest BCUT2D eigenvalue weighted by Crippen LogP contribution is 2.52. The smallest absolute Gasteiger partial charge is 0.256 e. The summed E-state index contributed by atoms with van der Waals surface area (Å²) >= 11 is 12.9. The van der Waals surface area contributed by atoms with Crippen LogP contribution in [0, 0.1) is 5.92 Å². The molecule has 1 aromatic carbocycles. The molecule has 138 valence electrons. The molecule has 2 aliphatic heterocycles. The summed E-state index contributed by atoms with van der Waals surface area (Å²) in [5.41, 5.74) is 0.764. The maximum Gasteiger partial charge on any atom is 0.256 e. The standard InChI is InChI=1S/C19H20Cl2N2O3/c1-9(2)23-8-10-14(17(23)25)12(20)7-13(21)15(10)19-6-4-3-5-11(19)16(24)22-18(19)26/h7,9,11H,3-6,8H2,1-2H3,(H,22,24,26). The van der Waals surface area contributed by atoms with Crippen molar-refractivity contribution in [3.05, 3.63) is 32.8 Å². The third kappa shape index (κ3) is 2.20. The van der Waals surface area contributed by atoms with Crippen LogP contribution in [0.2, 0.25) is 10.0 Å². The molecule has 1 saturated carbocycles. The lowest BCUT2D eigenvalue weighted by molar-refractivity contribution is -0.126. The largest absolute Gasteiger partial charge is 0.332 e. The second kappa shape index (κ2) is 5.96. The van der Waals surface area contributed by atoms with Gasteiger partial charge in [0.1, 0.15) is 0 Å². The van der Waals surface area contributed by atoms with Gasteiger partial charge in [-0.1, -0.05) is 36.0 Å². The fourth-order valence-electron chi connectivity index (χ4n) is 4.87. The number of halogens is 2. The number of benzene rings is 1. The van der Waals surface area contributed by atoms with E-state index < -0.39 is 11.3 Å². The molecule has 1 saturated heterocycles. The normalized spacial score (nSPS) is 27.8. The molecule has 26 heavy (non-hydrogen) atoms. The predicted molar refractivity (Wildman–Crippen MR) is 98.3 cm³/mol. The average Bonchev–Trinajstić information content (AvgIpc) is 3.04. The summed E-state index contributed by atoms with van der Waals surface area (Å²) < 4.78 is 0. The number of fused-ring (bicyclic) bond motifs is 2. The second-order valence-electron chi connectivity index (χ2n) is 7.68. The van der Waals surface area contributed by atoms with Crippen LogP contribution >= 0.6 is 23.2 Å². The Balaban J connectivity index is 1.98. The third-order valence-electron chi connectivity index (χ3n) is 6.07. The Hall–Kier alpha value is -1.59. The van der Waals surface area contributed by atoms with Gasteiger partial charge >= 0.3 is 0 Å². The van der Waals surface area contributed by atoms with E-state index in [4.69, 9.17) is 23.2 Å². The molecule has 2 unspecified atom stereocenters. The quantitative estimate of drug-likeness (QED) is 0.781. The van der Waals surface area contributed by atoms with Crippen molar-refractivity contribution < 1.29 is 14.4 Å². The van der Waals surface area contributed by atoms with E-state index in [0.29, 0.717) is 46.1 Å². The summed E-state index contributed by atoms with van der Waals surface area (Å²) in [7, 11) is 0. The molecule has 0 spiro atoms. The molecule has 3 amide bonds. The monoisotopic (exact) mass is 394 g/mol. The van der Waals surface area contributed by atoms with E-state index >= 15 is 0 Å². The van der Waals surface area contributed by atoms with Crippen molar-refractivity contribution in [2.75, 3.05) is 0 Å². The summed E-state index contributed by atoms with van der Waals surface area (Å²) in [6.45, 7) is 4.23. The maximum absolute atomic E-state index is 13.0. The first kappa shape index (κ1) is 17.8. The number of nitrogens with zero attached hydrogens (tertiary/aromatic N) is 1. The first-order chi connectivity index (χ1) is 12.3. The van der Waals surface area contributed by atoms with Crippen molar-refractivity contribution in [3.8, 4) is 0 Å². The highest BCUT2D eigenvalue weighted by atomic mass is 35.5. The van der Waals surface area contributed by atoms with E-state index in [1.54, 1.807) is 11.0 Å². The number of hydrogen-bond donors (Lipinski definition) is 1. The van der Waals surface area contributed by atoms with E-state index in [-0.39, 0.29) is 23.8 Å². The molecule has 0 bridgehead atoms. The molecule has 1 aliphatic carbocycles. The molecule has 2 heterocycles. The van der Waals surface area contributed by atoms with Gasteiger partial charge in [0, 0.05) is 17.6 Å². The molecular formula is C19H20Cl2N2O3. The molecule has 0 radical (unpaired) electrons. The molecule has 7 heteroatoms. The van der Waals surface area contributed by atoms with E-state index in [0.717, 1.165) is 12.8 Å². The molecule has 5 nitrogen and oxygen atoms in total. The first-order valence-corrected chi connectivity index (χ1v) is 9.72. The number of carbonyl (C=O) groups excluding carboxylic acids is 3. The summed E-state index contributed by atoms with van der Waals surface area (Å²) in [6, 6.07) is 1.55. The first-order valence-electron chi connectivity index (χ1n) is 8.96. The van der Waals surface area contributed by atoms with Crippen LogP contribution in [-0.2, 0) is 21.5 Å². The van der Waals surface area contributed by atoms with Gasteiger partial charge in [-0.3, -0.25) is 19.7 Å². The van der Waals surface area contributed by atoms with Gasteiger partial charge in [0.15, 0.2) is 0 Å². The molecular weight excluding hydrogens is 375 g/mol. The Kier molecular flexibility index (Phi) is 4.08. The fourth-order valence-corrected chi connectivity index (χ4v) is 5.62. The number of nitrogens with one attached hydrogen (secondary N) is 1. The van der Waals surface area contributed by atoms with Crippen molar-refractivity contribution in [1.82, 2.24) is 10.2 Å². The van der Waals surface area contributed by atoms with Crippen molar-refractivity contribution in [1.29, 1.82) is 0 Å². The second-order valence-corrected chi connectivity index (χ2v) is 8.50. The van der Waals surface area contributed by atoms with Gasteiger partial charge in [0.05, 0.1) is 21.9 Å². The fraction of sp³-hybridized carbons (Fsp3) is 0.526. The lowest BCUT2D eigenvalue weighted by Gasteiger charge is -2.37. The zero-order chi connectivity index (χ0) is 18.8. The van der Waals surface area contributed by atoms with Crippen molar-refractivity contribution in [2.45, 2.75) is 57.5 Å². The van der Waals surface area contributed by atoms with Gasteiger partial charge in [0.2, 0.25) is 11.8 Å². The minimum absolute atomic E-state index is 0.00344. The zero-order valence-corrected chi connectivity index (χ0v) is 16.2. The van der Waals surface area contributed by atoms with Crippen molar-refractivity contribution in [3.63, 3.8) is 0 Å². The molecule has 1 N–H and O–H groups in total. The summed E-state index contributed by atoms with van der Waals surface area (Å²) in [5, 5.41) is 3.17. The van der Waals surface area contributed by atoms with Crippen LogP contribution in [-0.4, -0.2) is 28.7 Å². The van der Waals surface area contributed by atoms with Crippen LogP contribution < -0.4 is 5.32 Å². The summed E-state index contributed by atoms with van der Waals surface area (Å²) in [5.74, 6) is -1.12. The highest BCUT2D eigenvalue weighted by molar-refractivity contribution is 6.38. The molecule has 2 atom stereocenters. The Labute approximate surface area is 162 Å². The van der Waals surface area contributed by atoms with Gasteiger partial charge in [-0.25, -0.2) is 0 Å². The lowest BCUT2D eigenvalue weighted by atomic mass is 9.62. The topological polar surface area (TPSA) is 66.5 Å². The van der Waals surface area contributed by atoms with Crippen LogP contribution in [0.15, 0.2) is 6.07 Å². The average molecular weight is 395 g/mol. The number of imide groups is 1. The van der Waals surface area contributed by atoms with Crippen LogP contribution in [0.5, 0.6) is 0 Å². The summed E-state index contributed by atoms with van der Waals surface area (Å²) in [6.07, 6.45) is 2.94. The van der Waals surface area contributed by atoms with Gasteiger partial charge in [-0.2, -0.15) is 0 Å². The number of carbonyl (C=O) groups is 3. The minimum Gasteiger partial charge on any atom is -0.332 e. The molecule has 0 aromatic heterocycles. The molecule has 1 aromatic rings. The Morgan fingerprint density at radius 3 is 2.62 bits per heavy atom. The van der Waals surface area contributed by atoms with Crippen molar-refractivity contribution in [2.24, 2.45) is 5.92 Å². The Morgan fingerprint density at radius 1 is 1.19 bits per heavy atom. The number of hydrogen-bond acceptors (Lipinski definition) is 3. The van der Waals surface area contributed by atoms with Crippen molar-refractivity contribution >= 4 is 40.9 Å². The number of rotatable bonds is 2. The van der Waals surface area contributed by atoms with E-state index in [1.807, 2.05) is 13.8 Å². The van der Waals surface area contributed by atoms with Crippen LogP contribution in [0.4, 0.5) is 0 Å². The van der Waals surface area contributed by atoms with Crippen LogP contribution in [0.25, 0.3) is 0 Å². The SMILES string of the molecule is CC(C)N1Cc2c(c(Cl)cc(Cl)c2C23CCCCC2C(=O)NC3=O)C1=O. The number of amides is 3. The Bertz CT molecular complexity index is 852. The van der Waals surface area contributed by atoms with E-state index in [1.165, 1.54) is 0 Å². The van der Waals surface area contributed by atoms with Crippen LogP contribution in [0.3, 0.4) is 0 Å². The summed E-state index contributed by atoms with van der Waals surface area (Å²) in [4.78, 5) is 40.0. The van der Waals surface area contributed by atoms with E-state index in [9.17, 15) is 14.4 Å². The van der Waals surface area contributed by atoms with Gasteiger partial charge in [-0.05, 0) is 43.9 Å². The lowest BCUT2D eigenvalue weighted by Crippen LogP contribution is -2.43. The zero-order valence-electron chi connectivity index (χ0n) is 14.7. The molecule has 4 rings (SSSR count). The Morgan fingerprint density at radius 2 is 1.92 bits per heavy atom. The predicted octanol–water partition coefficient (Wildman–Crippen LogP) is 3.44. The van der Waals surface area contributed by atoms with Gasteiger partial charge in [-0.15, -0.1) is 0 Å². The highest BCUT2D eigenvalue weighted by Gasteiger charge is 2.59. The minimum atomic E-state index is -0.992. The molecule has 3 aliphatic rings. The van der Waals surface area contributed by atoms with E-state index in [2.05, 4.69) is 5.32 Å². The van der Waals surface area contributed by atoms with Gasteiger partial charge < -0.3 is 4.90 Å². The van der Waals surface area contributed by atoms with Gasteiger partial charge in [0.25, 0.3) is 5.91 Å². The third-order valence-corrected chi connectivity index (χ3v) is 6.67.